The van der Waals surface area contributed by atoms with E-state index < -0.39 is 0 Å². The van der Waals surface area contributed by atoms with Crippen LogP contribution in [0.3, 0.4) is 0 Å². The molecule has 0 radical (unpaired) electrons. The van der Waals surface area contributed by atoms with Crippen molar-refractivity contribution in [2.45, 2.75) is 19.9 Å². The molecule has 1 N–H and O–H groups in total. The zero-order valence-corrected chi connectivity index (χ0v) is 11.5. The predicted molar refractivity (Wildman–Crippen MR) is 75.0 cm³/mol. The number of nitrogens with zero attached hydrogens (tertiary/aromatic N) is 2. The third kappa shape index (κ3) is 2.55. The van der Waals surface area contributed by atoms with Crippen molar-refractivity contribution in [2.75, 3.05) is 5.32 Å². The van der Waals surface area contributed by atoms with Gasteiger partial charge in [0, 0.05) is 27.7 Å². The Labute approximate surface area is 109 Å². The predicted octanol–water partition coefficient (Wildman–Crippen LogP) is 3.30. The van der Waals surface area contributed by atoms with Crippen LogP contribution >= 0.6 is 22.6 Å². The van der Waals surface area contributed by atoms with Crippen LogP contribution in [0.25, 0.3) is 5.69 Å². The van der Waals surface area contributed by atoms with Crippen LogP contribution in [-0.4, -0.2) is 15.6 Å². The van der Waals surface area contributed by atoms with Crippen molar-refractivity contribution in [3.8, 4) is 5.69 Å². The lowest BCUT2D eigenvalue weighted by Crippen LogP contribution is -2.13. The number of halogens is 1. The number of hydrogen-bond donors (Lipinski definition) is 1. The average Bonchev–Trinajstić information content (AvgIpc) is 2.65. The van der Waals surface area contributed by atoms with Crippen molar-refractivity contribution in [2.24, 2.45) is 0 Å². The molecule has 0 amide bonds. The summed E-state index contributed by atoms with van der Waals surface area (Å²) < 4.78 is 3.28. The molecule has 3 nitrogen and oxygen atoms in total. The fourth-order valence-corrected chi connectivity index (χ4v) is 2.03. The number of imidazole rings is 1. The number of hydrogen-bond acceptors (Lipinski definition) is 2. The highest BCUT2D eigenvalue weighted by Gasteiger charge is 2.05. The minimum atomic E-state index is 0.379. The smallest absolute Gasteiger partial charge is 0.207 e. The van der Waals surface area contributed by atoms with Crippen molar-refractivity contribution in [3.63, 3.8) is 0 Å². The Morgan fingerprint density at radius 3 is 2.88 bits per heavy atom. The second kappa shape index (κ2) is 4.86. The molecule has 1 aromatic heterocycles. The summed E-state index contributed by atoms with van der Waals surface area (Å²) in [4.78, 5) is 4.31. The highest BCUT2D eigenvalue weighted by atomic mass is 127. The normalized spacial score (nSPS) is 10.8. The third-order valence-electron chi connectivity index (χ3n) is 2.14. The standard InChI is InChI=1S/C12H14IN3/c1-9(2)15-12-14-6-7-16(12)11-5-3-4-10(13)8-11/h3-9H,1-2H3,(H,14,15). The van der Waals surface area contributed by atoms with Crippen molar-refractivity contribution in [3.05, 3.63) is 40.2 Å². The van der Waals surface area contributed by atoms with Crippen LogP contribution in [0.4, 0.5) is 5.95 Å². The van der Waals surface area contributed by atoms with Crippen LogP contribution in [0.5, 0.6) is 0 Å². The van der Waals surface area contributed by atoms with Crippen LogP contribution in [-0.2, 0) is 0 Å². The van der Waals surface area contributed by atoms with Crippen LogP contribution < -0.4 is 5.32 Å². The highest BCUT2D eigenvalue weighted by molar-refractivity contribution is 14.1. The van der Waals surface area contributed by atoms with Crippen LogP contribution in [0, 0.1) is 3.57 Å². The summed E-state index contributed by atoms with van der Waals surface area (Å²) in [7, 11) is 0. The van der Waals surface area contributed by atoms with Gasteiger partial charge in [0.25, 0.3) is 0 Å². The molecule has 0 saturated heterocycles. The third-order valence-corrected chi connectivity index (χ3v) is 2.82. The highest BCUT2D eigenvalue weighted by Crippen LogP contribution is 2.17. The summed E-state index contributed by atoms with van der Waals surface area (Å²) in [6.45, 7) is 4.21. The summed E-state index contributed by atoms with van der Waals surface area (Å²) in [6, 6.07) is 8.72. The fraction of sp³-hybridized carbons (Fsp3) is 0.250. The van der Waals surface area contributed by atoms with Crippen LogP contribution in [0.2, 0.25) is 0 Å². The second-order valence-electron chi connectivity index (χ2n) is 3.90. The van der Waals surface area contributed by atoms with Gasteiger partial charge in [0.15, 0.2) is 0 Å². The van der Waals surface area contributed by atoms with Gasteiger partial charge in [0.05, 0.1) is 0 Å². The largest absolute Gasteiger partial charge is 0.353 e. The van der Waals surface area contributed by atoms with Gasteiger partial charge in [-0.3, -0.25) is 4.57 Å². The second-order valence-corrected chi connectivity index (χ2v) is 5.15. The maximum Gasteiger partial charge on any atom is 0.207 e. The topological polar surface area (TPSA) is 29.9 Å². The molecule has 0 saturated carbocycles. The number of anilines is 1. The van der Waals surface area contributed by atoms with Gasteiger partial charge in [-0.15, -0.1) is 0 Å². The summed E-state index contributed by atoms with van der Waals surface area (Å²) in [5.74, 6) is 0.886. The molecule has 4 heteroatoms. The van der Waals surface area contributed by atoms with E-state index in [1.807, 2.05) is 12.4 Å². The number of rotatable bonds is 3. The molecular formula is C12H14IN3. The zero-order valence-electron chi connectivity index (χ0n) is 9.31. The number of benzene rings is 1. The molecule has 2 rings (SSSR count). The van der Waals surface area contributed by atoms with Crippen molar-refractivity contribution < 1.29 is 0 Å². The first kappa shape index (κ1) is 11.4. The van der Waals surface area contributed by atoms with Gasteiger partial charge >= 0.3 is 0 Å². The van der Waals surface area contributed by atoms with E-state index in [-0.39, 0.29) is 0 Å². The van der Waals surface area contributed by atoms with E-state index >= 15 is 0 Å². The Hall–Kier alpha value is -1.04. The van der Waals surface area contributed by atoms with Gasteiger partial charge in [-0.1, -0.05) is 6.07 Å². The minimum Gasteiger partial charge on any atom is -0.353 e. The quantitative estimate of drug-likeness (QED) is 0.877. The molecule has 84 valence electrons. The molecule has 2 aromatic rings. The number of nitrogens with one attached hydrogen (secondary N) is 1. The summed E-state index contributed by atoms with van der Waals surface area (Å²) in [5, 5.41) is 3.32. The Morgan fingerprint density at radius 1 is 1.38 bits per heavy atom. The lowest BCUT2D eigenvalue weighted by atomic mass is 10.3. The van der Waals surface area contributed by atoms with Gasteiger partial charge in [0.2, 0.25) is 5.95 Å². The zero-order chi connectivity index (χ0) is 11.5. The van der Waals surface area contributed by atoms with Crippen molar-refractivity contribution in [1.29, 1.82) is 0 Å². The van der Waals surface area contributed by atoms with E-state index in [4.69, 9.17) is 0 Å². The van der Waals surface area contributed by atoms with Gasteiger partial charge in [-0.2, -0.15) is 0 Å². The molecule has 0 spiro atoms. The first-order valence-electron chi connectivity index (χ1n) is 5.22. The molecule has 0 unspecified atom stereocenters. The van der Waals surface area contributed by atoms with E-state index in [1.165, 1.54) is 3.57 Å². The molecule has 0 aliphatic heterocycles. The van der Waals surface area contributed by atoms with Gasteiger partial charge in [-0.05, 0) is 54.6 Å². The van der Waals surface area contributed by atoms with Crippen molar-refractivity contribution in [1.82, 2.24) is 9.55 Å². The van der Waals surface area contributed by atoms with E-state index in [2.05, 4.69) is 75.6 Å². The summed E-state index contributed by atoms with van der Waals surface area (Å²) in [5.41, 5.74) is 1.13. The molecule has 0 atom stereocenters. The monoisotopic (exact) mass is 327 g/mol. The molecule has 0 bridgehead atoms. The SMILES string of the molecule is CC(C)Nc1nccn1-c1cccc(I)c1. The molecular weight excluding hydrogens is 313 g/mol. The van der Waals surface area contributed by atoms with Gasteiger partial charge in [-0.25, -0.2) is 4.98 Å². The molecule has 0 fully saturated rings. The van der Waals surface area contributed by atoms with E-state index in [0.717, 1.165) is 11.6 Å². The van der Waals surface area contributed by atoms with Crippen LogP contribution in [0.15, 0.2) is 36.7 Å². The van der Waals surface area contributed by atoms with E-state index in [9.17, 15) is 0 Å². The summed E-state index contributed by atoms with van der Waals surface area (Å²) in [6.07, 6.45) is 3.78. The molecule has 0 aliphatic rings. The first-order valence-corrected chi connectivity index (χ1v) is 6.30. The Morgan fingerprint density at radius 2 is 2.19 bits per heavy atom. The Balaban J connectivity index is 2.37. The molecule has 0 aliphatic carbocycles. The molecule has 1 aromatic carbocycles. The van der Waals surface area contributed by atoms with Crippen molar-refractivity contribution >= 4 is 28.5 Å². The lowest BCUT2D eigenvalue weighted by Gasteiger charge is -2.12. The van der Waals surface area contributed by atoms with Crippen LogP contribution in [0.1, 0.15) is 13.8 Å². The lowest BCUT2D eigenvalue weighted by molar-refractivity contribution is 0.864. The van der Waals surface area contributed by atoms with E-state index in [0.29, 0.717) is 6.04 Å². The average molecular weight is 327 g/mol. The minimum absolute atomic E-state index is 0.379. The maximum atomic E-state index is 4.31. The number of aromatic nitrogens is 2. The fourth-order valence-electron chi connectivity index (χ4n) is 1.50. The molecule has 1 heterocycles. The van der Waals surface area contributed by atoms with E-state index in [1.54, 1.807) is 0 Å². The van der Waals surface area contributed by atoms with Gasteiger partial charge in [0.1, 0.15) is 0 Å². The summed E-state index contributed by atoms with van der Waals surface area (Å²) >= 11 is 2.31. The maximum absolute atomic E-state index is 4.31. The molecule has 16 heavy (non-hydrogen) atoms. The Kier molecular flexibility index (Phi) is 3.48. The van der Waals surface area contributed by atoms with Gasteiger partial charge < -0.3 is 5.32 Å². The first-order chi connectivity index (χ1) is 7.66. The Bertz CT molecular complexity index is 477.